The first kappa shape index (κ1) is 12.8. The smallest absolute Gasteiger partial charge is 0.416 e. The highest BCUT2D eigenvalue weighted by atomic mass is 35.5. The van der Waals surface area contributed by atoms with Gasteiger partial charge in [0, 0.05) is 0 Å². The van der Waals surface area contributed by atoms with Gasteiger partial charge in [0.2, 0.25) is 0 Å². The molecule has 0 aliphatic rings. The van der Waals surface area contributed by atoms with E-state index >= 15 is 0 Å². The fourth-order valence-electron chi connectivity index (χ4n) is 1.08. The van der Waals surface area contributed by atoms with Crippen LogP contribution in [0.25, 0.3) is 0 Å². The Morgan fingerprint density at radius 3 is 2.19 bits per heavy atom. The Balaban J connectivity index is 2.91. The molecule has 0 bridgehead atoms. The molecule has 0 aliphatic carbocycles. The number of ether oxygens (including phenoxy) is 1. The molecule has 2 nitrogen and oxygen atoms in total. The van der Waals surface area contributed by atoms with Crippen LogP contribution >= 0.6 is 11.6 Å². The third kappa shape index (κ3) is 2.88. The highest BCUT2D eigenvalue weighted by Crippen LogP contribution is 2.31. The van der Waals surface area contributed by atoms with Crippen LogP contribution in [0, 0.1) is 0 Å². The van der Waals surface area contributed by atoms with Gasteiger partial charge in [-0.3, -0.25) is 4.79 Å². The zero-order chi connectivity index (χ0) is 12.3. The third-order valence-electron chi connectivity index (χ3n) is 1.94. The lowest BCUT2D eigenvalue weighted by atomic mass is 10.1. The van der Waals surface area contributed by atoms with Gasteiger partial charge in [0.1, 0.15) is 0 Å². The summed E-state index contributed by atoms with van der Waals surface area (Å²) in [4.78, 5) is 11.0. The van der Waals surface area contributed by atoms with Gasteiger partial charge >= 0.3 is 12.1 Å². The Morgan fingerprint density at radius 1 is 1.31 bits per heavy atom. The zero-order valence-electron chi connectivity index (χ0n) is 8.22. The van der Waals surface area contributed by atoms with E-state index in [-0.39, 0.29) is 5.56 Å². The maximum Gasteiger partial charge on any atom is 0.416 e. The molecule has 16 heavy (non-hydrogen) atoms. The SMILES string of the molecule is COC(=O)C(Cl)c1ccc(C(F)(F)F)cc1. The van der Waals surface area contributed by atoms with Gasteiger partial charge in [0.15, 0.2) is 5.38 Å². The number of carbonyl (C=O) groups is 1. The van der Waals surface area contributed by atoms with E-state index in [0.717, 1.165) is 31.4 Å². The Labute approximate surface area is 95.0 Å². The molecule has 0 amide bonds. The summed E-state index contributed by atoms with van der Waals surface area (Å²) < 4.78 is 41.0. The first-order chi connectivity index (χ1) is 7.36. The summed E-state index contributed by atoms with van der Waals surface area (Å²) in [6.45, 7) is 0. The molecular weight excluding hydrogens is 245 g/mol. The number of esters is 1. The molecule has 1 aromatic carbocycles. The molecule has 88 valence electrons. The highest BCUT2D eigenvalue weighted by Gasteiger charge is 2.30. The van der Waals surface area contributed by atoms with Crippen LogP contribution in [0.2, 0.25) is 0 Å². The molecule has 0 aliphatic heterocycles. The van der Waals surface area contributed by atoms with Crippen molar-refractivity contribution >= 4 is 17.6 Å². The number of hydrogen-bond donors (Lipinski definition) is 0. The van der Waals surface area contributed by atoms with Crippen molar-refractivity contribution in [1.82, 2.24) is 0 Å². The summed E-state index contributed by atoms with van der Waals surface area (Å²) in [5.41, 5.74) is -0.522. The predicted octanol–water partition coefficient (Wildman–Crippen LogP) is 3.16. The summed E-state index contributed by atoms with van der Waals surface area (Å²) in [5.74, 6) is -0.707. The molecule has 0 N–H and O–H groups in total. The second-order valence-corrected chi connectivity index (χ2v) is 3.44. The number of alkyl halides is 4. The van der Waals surface area contributed by atoms with Gasteiger partial charge in [0.25, 0.3) is 0 Å². The van der Waals surface area contributed by atoms with Gasteiger partial charge in [-0.2, -0.15) is 13.2 Å². The molecule has 6 heteroatoms. The van der Waals surface area contributed by atoms with E-state index < -0.39 is 23.1 Å². The molecule has 0 radical (unpaired) electrons. The Morgan fingerprint density at radius 2 is 1.81 bits per heavy atom. The van der Waals surface area contributed by atoms with Gasteiger partial charge in [0.05, 0.1) is 12.7 Å². The van der Waals surface area contributed by atoms with Crippen molar-refractivity contribution in [3.63, 3.8) is 0 Å². The van der Waals surface area contributed by atoms with Gasteiger partial charge < -0.3 is 4.74 Å². The topological polar surface area (TPSA) is 26.3 Å². The maximum absolute atomic E-state index is 12.2. The van der Waals surface area contributed by atoms with Crippen molar-refractivity contribution in [3.05, 3.63) is 35.4 Å². The Kier molecular flexibility index (Phi) is 3.80. The quantitative estimate of drug-likeness (QED) is 0.597. The molecule has 0 heterocycles. The lowest BCUT2D eigenvalue weighted by Crippen LogP contribution is -2.09. The molecular formula is C10H8ClF3O2. The summed E-state index contributed by atoms with van der Waals surface area (Å²) in [6, 6.07) is 4.04. The number of hydrogen-bond acceptors (Lipinski definition) is 2. The normalized spacial score (nSPS) is 13.3. The van der Waals surface area contributed by atoms with Crippen molar-refractivity contribution in [1.29, 1.82) is 0 Å². The molecule has 0 fully saturated rings. The van der Waals surface area contributed by atoms with Crippen LogP contribution in [0.1, 0.15) is 16.5 Å². The van der Waals surface area contributed by atoms with Crippen molar-refractivity contribution in [2.24, 2.45) is 0 Å². The van der Waals surface area contributed by atoms with Crippen LogP contribution in [0.5, 0.6) is 0 Å². The lowest BCUT2D eigenvalue weighted by Gasteiger charge is -2.10. The molecule has 1 rings (SSSR count). The second-order valence-electron chi connectivity index (χ2n) is 3.01. The largest absolute Gasteiger partial charge is 0.468 e. The number of benzene rings is 1. The minimum absolute atomic E-state index is 0.265. The number of halogens is 4. The van der Waals surface area contributed by atoms with E-state index in [9.17, 15) is 18.0 Å². The molecule has 1 aromatic rings. The van der Waals surface area contributed by atoms with Crippen LogP contribution in [-0.4, -0.2) is 13.1 Å². The van der Waals surface area contributed by atoms with Crippen molar-refractivity contribution < 1.29 is 22.7 Å². The minimum Gasteiger partial charge on any atom is -0.468 e. The maximum atomic E-state index is 12.2. The molecule has 0 saturated heterocycles. The predicted molar refractivity (Wildman–Crippen MR) is 52.1 cm³/mol. The van der Waals surface area contributed by atoms with Crippen LogP contribution in [0.15, 0.2) is 24.3 Å². The average Bonchev–Trinajstić information content (AvgIpc) is 2.26. The highest BCUT2D eigenvalue weighted by molar-refractivity contribution is 6.29. The second kappa shape index (κ2) is 4.74. The van der Waals surface area contributed by atoms with E-state index in [4.69, 9.17) is 11.6 Å². The molecule has 0 spiro atoms. The number of carbonyl (C=O) groups excluding carboxylic acids is 1. The van der Waals surface area contributed by atoms with E-state index in [1.807, 2.05) is 0 Å². The summed E-state index contributed by atoms with van der Waals surface area (Å²) in [6.07, 6.45) is -4.40. The lowest BCUT2D eigenvalue weighted by molar-refractivity contribution is -0.140. The minimum atomic E-state index is -4.40. The Hall–Kier alpha value is -1.23. The van der Waals surface area contributed by atoms with Crippen LogP contribution in [0.3, 0.4) is 0 Å². The molecule has 0 aromatic heterocycles. The van der Waals surface area contributed by atoms with Crippen LogP contribution in [-0.2, 0) is 15.7 Å². The van der Waals surface area contributed by atoms with Crippen molar-refractivity contribution in [2.75, 3.05) is 7.11 Å². The van der Waals surface area contributed by atoms with E-state index in [0.29, 0.717) is 0 Å². The monoisotopic (exact) mass is 252 g/mol. The third-order valence-corrected chi connectivity index (χ3v) is 2.37. The number of rotatable bonds is 2. The Bertz CT molecular complexity index is 373. The van der Waals surface area contributed by atoms with Crippen LogP contribution < -0.4 is 0 Å². The fourth-order valence-corrected chi connectivity index (χ4v) is 1.32. The average molecular weight is 253 g/mol. The standard InChI is InChI=1S/C10H8ClF3O2/c1-16-9(15)8(11)6-2-4-7(5-3-6)10(12,13)14/h2-5,8H,1H3. The zero-order valence-corrected chi connectivity index (χ0v) is 8.97. The van der Waals surface area contributed by atoms with E-state index in [2.05, 4.69) is 4.74 Å². The summed E-state index contributed by atoms with van der Waals surface area (Å²) in [5, 5.41) is -1.09. The van der Waals surface area contributed by atoms with Crippen LogP contribution in [0.4, 0.5) is 13.2 Å². The summed E-state index contributed by atoms with van der Waals surface area (Å²) in [7, 11) is 1.15. The van der Waals surface area contributed by atoms with Gasteiger partial charge in [-0.1, -0.05) is 12.1 Å². The van der Waals surface area contributed by atoms with Gasteiger partial charge in [-0.15, -0.1) is 11.6 Å². The van der Waals surface area contributed by atoms with Gasteiger partial charge in [-0.25, -0.2) is 0 Å². The molecule has 1 unspecified atom stereocenters. The summed E-state index contributed by atoms with van der Waals surface area (Å²) >= 11 is 5.67. The number of methoxy groups -OCH3 is 1. The molecule has 1 atom stereocenters. The van der Waals surface area contributed by atoms with E-state index in [1.165, 1.54) is 0 Å². The van der Waals surface area contributed by atoms with Crippen molar-refractivity contribution in [3.8, 4) is 0 Å². The first-order valence-corrected chi connectivity index (χ1v) is 4.69. The first-order valence-electron chi connectivity index (χ1n) is 4.25. The fraction of sp³-hybridized carbons (Fsp3) is 0.300. The molecule has 0 saturated carbocycles. The van der Waals surface area contributed by atoms with Crippen molar-refractivity contribution in [2.45, 2.75) is 11.6 Å². The van der Waals surface area contributed by atoms with Gasteiger partial charge in [-0.05, 0) is 17.7 Å². The van der Waals surface area contributed by atoms with E-state index in [1.54, 1.807) is 0 Å².